The maximum Gasteiger partial charge on any atom is 0.240 e. The molecule has 7 heteroatoms. The van der Waals surface area contributed by atoms with E-state index < -0.39 is 0 Å². The van der Waals surface area contributed by atoms with Crippen LogP contribution in [0.1, 0.15) is 56.1 Å². The van der Waals surface area contributed by atoms with Gasteiger partial charge < -0.3 is 15.5 Å². The SMILES string of the molecule is Cc1ccc(N(CC(=O)NC2CCCCC2)C(=O)CCC(=O)Nc2ccccn2)cc1C. The maximum absolute atomic E-state index is 13.1. The number of carbonyl (C=O) groups excluding carboxylic acids is 3. The molecule has 0 atom stereocenters. The van der Waals surface area contributed by atoms with Crippen molar-refractivity contribution in [1.29, 1.82) is 0 Å². The van der Waals surface area contributed by atoms with Crippen molar-refractivity contribution >= 4 is 29.2 Å². The van der Waals surface area contributed by atoms with E-state index in [-0.39, 0.29) is 43.1 Å². The Morgan fingerprint density at radius 2 is 1.75 bits per heavy atom. The van der Waals surface area contributed by atoms with E-state index in [1.807, 2.05) is 32.0 Å². The predicted molar refractivity (Wildman–Crippen MR) is 125 cm³/mol. The average molecular weight is 437 g/mol. The van der Waals surface area contributed by atoms with E-state index in [0.29, 0.717) is 11.5 Å². The van der Waals surface area contributed by atoms with Crippen LogP contribution in [0.5, 0.6) is 0 Å². The number of benzene rings is 1. The summed E-state index contributed by atoms with van der Waals surface area (Å²) in [6.45, 7) is 3.92. The largest absolute Gasteiger partial charge is 0.352 e. The number of hydrogen-bond donors (Lipinski definition) is 2. The number of anilines is 2. The zero-order valence-electron chi connectivity index (χ0n) is 18.9. The molecule has 0 saturated heterocycles. The molecule has 1 saturated carbocycles. The highest BCUT2D eigenvalue weighted by Crippen LogP contribution is 2.21. The van der Waals surface area contributed by atoms with Crippen molar-refractivity contribution in [2.45, 2.75) is 64.8 Å². The van der Waals surface area contributed by atoms with Crippen molar-refractivity contribution in [2.75, 3.05) is 16.8 Å². The highest BCUT2D eigenvalue weighted by atomic mass is 16.2. The second kappa shape index (κ2) is 11.4. The van der Waals surface area contributed by atoms with Crippen LogP contribution in [-0.2, 0) is 14.4 Å². The standard InChI is InChI=1S/C25H32N4O3/c1-18-11-12-21(16-19(18)2)29(17-24(31)27-20-8-4-3-5-9-20)25(32)14-13-23(30)28-22-10-6-7-15-26-22/h6-7,10-12,15-16,20H,3-5,8-9,13-14,17H2,1-2H3,(H,27,31)(H,26,28,30). The fraction of sp³-hybridized carbons (Fsp3) is 0.440. The Labute approximate surface area is 189 Å². The van der Waals surface area contributed by atoms with Crippen molar-refractivity contribution in [2.24, 2.45) is 0 Å². The summed E-state index contributed by atoms with van der Waals surface area (Å²) in [6, 6.07) is 11.1. The molecule has 3 rings (SSSR count). The van der Waals surface area contributed by atoms with Crippen LogP contribution in [0.2, 0.25) is 0 Å². The molecule has 170 valence electrons. The molecule has 2 aromatic rings. The lowest BCUT2D eigenvalue weighted by molar-refractivity contribution is -0.125. The third-order valence-corrected chi connectivity index (χ3v) is 5.87. The minimum absolute atomic E-state index is 0.00228. The fourth-order valence-electron chi connectivity index (χ4n) is 3.88. The topological polar surface area (TPSA) is 91.4 Å². The third-order valence-electron chi connectivity index (χ3n) is 5.87. The lowest BCUT2D eigenvalue weighted by Gasteiger charge is -2.26. The molecule has 0 radical (unpaired) electrons. The van der Waals surface area contributed by atoms with Gasteiger partial charge in [-0.25, -0.2) is 4.98 Å². The Balaban J connectivity index is 1.65. The number of aryl methyl sites for hydroxylation is 2. The Hall–Kier alpha value is -3.22. The molecule has 3 amide bonds. The van der Waals surface area contributed by atoms with E-state index in [9.17, 15) is 14.4 Å². The number of nitrogens with zero attached hydrogens (tertiary/aromatic N) is 2. The first-order valence-electron chi connectivity index (χ1n) is 11.3. The molecule has 2 N–H and O–H groups in total. The highest BCUT2D eigenvalue weighted by Gasteiger charge is 2.23. The van der Waals surface area contributed by atoms with E-state index in [1.54, 1.807) is 24.4 Å². The maximum atomic E-state index is 13.1. The second-order valence-corrected chi connectivity index (χ2v) is 8.41. The summed E-state index contributed by atoms with van der Waals surface area (Å²) in [6.07, 6.45) is 7.02. The van der Waals surface area contributed by atoms with Crippen molar-refractivity contribution in [3.8, 4) is 0 Å². The second-order valence-electron chi connectivity index (χ2n) is 8.41. The van der Waals surface area contributed by atoms with Gasteiger partial charge in [0.05, 0.1) is 0 Å². The number of rotatable bonds is 8. The molecule has 1 fully saturated rings. The smallest absolute Gasteiger partial charge is 0.240 e. The molecular formula is C25H32N4O3. The first kappa shape index (κ1) is 23.4. The summed E-state index contributed by atoms with van der Waals surface area (Å²) >= 11 is 0. The van der Waals surface area contributed by atoms with E-state index in [2.05, 4.69) is 15.6 Å². The molecule has 1 aromatic carbocycles. The minimum atomic E-state index is -0.288. The normalized spacial score (nSPS) is 13.9. The monoisotopic (exact) mass is 436 g/mol. The summed E-state index contributed by atoms with van der Waals surface area (Å²) in [5.41, 5.74) is 2.82. The summed E-state index contributed by atoms with van der Waals surface area (Å²) in [4.78, 5) is 43.6. The Morgan fingerprint density at radius 1 is 0.969 bits per heavy atom. The molecule has 0 unspecified atom stereocenters. The van der Waals surface area contributed by atoms with Crippen molar-refractivity contribution in [3.63, 3.8) is 0 Å². The van der Waals surface area contributed by atoms with Crippen LogP contribution in [0.4, 0.5) is 11.5 Å². The molecule has 0 spiro atoms. The van der Waals surface area contributed by atoms with Gasteiger partial charge in [0.15, 0.2) is 0 Å². The molecular weight excluding hydrogens is 404 g/mol. The van der Waals surface area contributed by atoms with E-state index in [4.69, 9.17) is 0 Å². The highest BCUT2D eigenvalue weighted by molar-refractivity contribution is 6.01. The number of amides is 3. The molecule has 7 nitrogen and oxygen atoms in total. The van der Waals surface area contributed by atoms with Gasteiger partial charge in [-0.2, -0.15) is 0 Å². The number of carbonyl (C=O) groups is 3. The number of hydrogen-bond acceptors (Lipinski definition) is 4. The van der Waals surface area contributed by atoms with Gasteiger partial charge in [0.25, 0.3) is 0 Å². The van der Waals surface area contributed by atoms with Crippen molar-refractivity contribution in [1.82, 2.24) is 10.3 Å². The number of aromatic nitrogens is 1. The quantitative estimate of drug-likeness (QED) is 0.657. The molecule has 1 heterocycles. The van der Waals surface area contributed by atoms with Gasteiger partial charge in [0.2, 0.25) is 17.7 Å². The first-order valence-corrected chi connectivity index (χ1v) is 11.3. The van der Waals surface area contributed by atoms with Gasteiger partial charge in [0.1, 0.15) is 12.4 Å². The van der Waals surface area contributed by atoms with Gasteiger partial charge in [-0.1, -0.05) is 31.4 Å². The fourth-order valence-corrected chi connectivity index (χ4v) is 3.88. The first-order chi connectivity index (χ1) is 15.4. The van der Waals surface area contributed by atoms with Crippen LogP contribution in [-0.4, -0.2) is 35.3 Å². The third kappa shape index (κ3) is 6.90. The summed E-state index contributed by atoms with van der Waals surface area (Å²) in [5, 5.41) is 5.76. The summed E-state index contributed by atoms with van der Waals surface area (Å²) in [7, 11) is 0. The lowest BCUT2D eigenvalue weighted by Crippen LogP contribution is -2.45. The Kier molecular flexibility index (Phi) is 8.36. The number of nitrogens with one attached hydrogen (secondary N) is 2. The van der Waals surface area contributed by atoms with Gasteiger partial charge in [-0.05, 0) is 62.1 Å². The molecule has 1 aliphatic carbocycles. The van der Waals surface area contributed by atoms with Gasteiger partial charge in [0, 0.05) is 30.8 Å². The van der Waals surface area contributed by atoms with Gasteiger partial charge in [-0.15, -0.1) is 0 Å². The molecule has 0 bridgehead atoms. The molecule has 1 aromatic heterocycles. The van der Waals surface area contributed by atoms with Crippen LogP contribution in [0, 0.1) is 13.8 Å². The van der Waals surface area contributed by atoms with Gasteiger partial charge in [-0.3, -0.25) is 14.4 Å². The van der Waals surface area contributed by atoms with Crippen LogP contribution in [0.15, 0.2) is 42.6 Å². The minimum Gasteiger partial charge on any atom is -0.352 e. The van der Waals surface area contributed by atoms with Crippen LogP contribution in [0.3, 0.4) is 0 Å². The van der Waals surface area contributed by atoms with E-state index in [1.165, 1.54) is 11.3 Å². The predicted octanol–water partition coefficient (Wildman–Crippen LogP) is 3.90. The molecule has 32 heavy (non-hydrogen) atoms. The average Bonchev–Trinajstić information content (AvgIpc) is 2.79. The van der Waals surface area contributed by atoms with E-state index >= 15 is 0 Å². The summed E-state index contributed by atoms with van der Waals surface area (Å²) in [5.74, 6) is -0.267. The Bertz CT molecular complexity index is 939. The van der Waals surface area contributed by atoms with Crippen molar-refractivity contribution in [3.05, 3.63) is 53.7 Å². The van der Waals surface area contributed by atoms with Gasteiger partial charge >= 0.3 is 0 Å². The van der Waals surface area contributed by atoms with E-state index in [0.717, 1.165) is 36.8 Å². The summed E-state index contributed by atoms with van der Waals surface area (Å²) < 4.78 is 0. The molecule has 0 aliphatic heterocycles. The van der Waals surface area contributed by atoms with Crippen LogP contribution in [0.25, 0.3) is 0 Å². The lowest BCUT2D eigenvalue weighted by atomic mass is 9.95. The van der Waals surface area contributed by atoms with Crippen LogP contribution >= 0.6 is 0 Å². The van der Waals surface area contributed by atoms with Crippen LogP contribution < -0.4 is 15.5 Å². The Morgan fingerprint density at radius 3 is 2.44 bits per heavy atom. The molecule has 1 aliphatic rings. The zero-order chi connectivity index (χ0) is 22.9. The van der Waals surface area contributed by atoms with Crippen molar-refractivity contribution < 1.29 is 14.4 Å². The number of pyridine rings is 1. The zero-order valence-corrected chi connectivity index (χ0v) is 18.9.